The number of benzene rings is 2. The van der Waals surface area contributed by atoms with Crippen LogP contribution in [0.15, 0.2) is 48.5 Å². The quantitative estimate of drug-likeness (QED) is 0.737. The van der Waals surface area contributed by atoms with Crippen LogP contribution in [0, 0.1) is 6.92 Å². The molecule has 2 aromatic carbocycles. The largest absolute Gasteiger partial charge is 0.385 e. The van der Waals surface area contributed by atoms with E-state index in [9.17, 15) is 5.11 Å². The van der Waals surface area contributed by atoms with Crippen LogP contribution in [0.3, 0.4) is 0 Å². The molecule has 0 bridgehead atoms. The van der Waals surface area contributed by atoms with Crippen LogP contribution in [-0.2, 0) is 18.7 Å². The van der Waals surface area contributed by atoms with Gasteiger partial charge in [0.2, 0.25) is 0 Å². The smallest absolute Gasteiger partial charge is 0.124 e. The maximum atomic E-state index is 11.1. The maximum absolute atomic E-state index is 11.1. The van der Waals surface area contributed by atoms with E-state index in [2.05, 4.69) is 71.8 Å². The molecule has 1 saturated heterocycles. The summed E-state index contributed by atoms with van der Waals surface area (Å²) in [5.74, 6) is 1.14. The van der Waals surface area contributed by atoms with Gasteiger partial charge in [-0.15, -0.1) is 0 Å². The van der Waals surface area contributed by atoms with E-state index in [4.69, 9.17) is 4.98 Å². The van der Waals surface area contributed by atoms with Crippen molar-refractivity contribution in [3.8, 4) is 0 Å². The van der Waals surface area contributed by atoms with Crippen LogP contribution in [0.4, 0.5) is 0 Å². The lowest BCUT2D eigenvalue weighted by Gasteiger charge is -2.38. The summed E-state index contributed by atoms with van der Waals surface area (Å²) in [7, 11) is 0. The number of aromatic nitrogens is 2. The highest BCUT2D eigenvalue weighted by molar-refractivity contribution is 5.75. The first-order valence-corrected chi connectivity index (χ1v) is 10.0. The Balaban J connectivity index is 1.48. The molecule has 0 amide bonds. The van der Waals surface area contributed by atoms with Crippen LogP contribution in [0.25, 0.3) is 11.0 Å². The number of hydrogen-bond acceptors (Lipinski definition) is 3. The molecule has 0 atom stereocenters. The van der Waals surface area contributed by atoms with E-state index < -0.39 is 5.60 Å². The Morgan fingerprint density at radius 2 is 1.74 bits per heavy atom. The third kappa shape index (κ3) is 3.64. The Morgan fingerprint density at radius 3 is 2.44 bits per heavy atom. The zero-order chi connectivity index (χ0) is 18.9. The minimum absolute atomic E-state index is 0.701. The molecule has 2 heterocycles. The molecule has 0 unspecified atom stereocenters. The minimum Gasteiger partial charge on any atom is -0.385 e. The number of likely N-dealkylation sites (tertiary alicyclic amines) is 1. The van der Waals surface area contributed by atoms with Crippen LogP contribution in [0.1, 0.15) is 43.1 Å². The highest BCUT2D eigenvalue weighted by Gasteiger charge is 2.34. The third-order valence-electron chi connectivity index (χ3n) is 5.82. The van der Waals surface area contributed by atoms with Gasteiger partial charge in [-0.25, -0.2) is 4.98 Å². The van der Waals surface area contributed by atoms with Crippen molar-refractivity contribution in [3.05, 3.63) is 65.5 Å². The summed E-state index contributed by atoms with van der Waals surface area (Å²) in [5.41, 5.74) is 3.88. The van der Waals surface area contributed by atoms with Crippen molar-refractivity contribution in [1.29, 1.82) is 0 Å². The van der Waals surface area contributed by atoms with Crippen LogP contribution in [-0.4, -0.2) is 32.6 Å². The van der Waals surface area contributed by atoms with E-state index >= 15 is 0 Å². The first kappa shape index (κ1) is 18.2. The van der Waals surface area contributed by atoms with Gasteiger partial charge in [0.1, 0.15) is 5.82 Å². The van der Waals surface area contributed by atoms with Gasteiger partial charge in [-0.3, -0.25) is 4.90 Å². The van der Waals surface area contributed by atoms with Crippen LogP contribution in [0.5, 0.6) is 0 Å². The molecule has 1 N–H and O–H groups in total. The summed E-state index contributed by atoms with van der Waals surface area (Å²) < 4.78 is 2.36. The summed E-state index contributed by atoms with van der Waals surface area (Å²) in [6, 6.07) is 16.7. The van der Waals surface area contributed by atoms with Gasteiger partial charge >= 0.3 is 0 Å². The van der Waals surface area contributed by atoms with E-state index in [0.29, 0.717) is 0 Å². The molecule has 0 radical (unpaired) electrons. The Hall–Kier alpha value is -2.17. The van der Waals surface area contributed by atoms with E-state index in [1.165, 1.54) is 11.1 Å². The molecule has 27 heavy (non-hydrogen) atoms. The van der Waals surface area contributed by atoms with Gasteiger partial charge in [-0.05, 0) is 43.9 Å². The predicted octanol–water partition coefficient (Wildman–Crippen LogP) is 4.24. The monoisotopic (exact) mass is 363 g/mol. The average Bonchev–Trinajstić information content (AvgIpc) is 3.02. The maximum Gasteiger partial charge on any atom is 0.124 e. The van der Waals surface area contributed by atoms with E-state index in [1.54, 1.807) is 0 Å². The third-order valence-corrected chi connectivity index (χ3v) is 5.82. The summed E-state index contributed by atoms with van der Waals surface area (Å²) in [6.45, 7) is 7.91. The fourth-order valence-corrected chi connectivity index (χ4v) is 4.15. The number of aryl methyl sites for hydroxylation is 2. The summed E-state index contributed by atoms with van der Waals surface area (Å²) >= 11 is 0. The van der Waals surface area contributed by atoms with Gasteiger partial charge in [0, 0.05) is 19.6 Å². The molecular weight excluding hydrogens is 334 g/mol. The van der Waals surface area contributed by atoms with Crippen molar-refractivity contribution in [3.63, 3.8) is 0 Å². The minimum atomic E-state index is -0.701. The molecule has 4 nitrogen and oxygen atoms in total. The van der Waals surface area contributed by atoms with Gasteiger partial charge in [-0.1, -0.05) is 48.9 Å². The Morgan fingerprint density at radius 1 is 1.04 bits per heavy atom. The second-order valence-electron chi connectivity index (χ2n) is 7.84. The normalized spacial score (nSPS) is 17.4. The lowest BCUT2D eigenvalue weighted by molar-refractivity contribution is -0.0284. The molecule has 0 spiro atoms. The Kier molecular flexibility index (Phi) is 5.02. The number of piperidine rings is 1. The molecular formula is C23H29N3O. The van der Waals surface area contributed by atoms with E-state index in [1.807, 2.05) is 0 Å². The van der Waals surface area contributed by atoms with Crippen molar-refractivity contribution in [2.45, 2.75) is 51.8 Å². The Labute approximate surface area is 161 Å². The SMILES string of the molecule is CCCn1c(CN2CCC(O)(c3ccc(C)cc3)CC2)nc2ccccc21. The number of para-hydroxylation sites is 2. The molecule has 1 aromatic heterocycles. The zero-order valence-corrected chi connectivity index (χ0v) is 16.4. The van der Waals surface area contributed by atoms with E-state index in [0.717, 1.165) is 62.3 Å². The van der Waals surface area contributed by atoms with Gasteiger partial charge in [0.15, 0.2) is 0 Å². The molecule has 4 rings (SSSR count). The van der Waals surface area contributed by atoms with Crippen LogP contribution < -0.4 is 0 Å². The summed E-state index contributed by atoms with van der Waals surface area (Å²) in [5, 5.41) is 11.1. The highest BCUT2D eigenvalue weighted by Crippen LogP contribution is 2.33. The van der Waals surface area contributed by atoms with E-state index in [-0.39, 0.29) is 0 Å². The van der Waals surface area contributed by atoms with Crippen molar-refractivity contribution in [1.82, 2.24) is 14.5 Å². The van der Waals surface area contributed by atoms with Crippen molar-refractivity contribution in [2.24, 2.45) is 0 Å². The number of nitrogens with zero attached hydrogens (tertiary/aromatic N) is 3. The van der Waals surface area contributed by atoms with Gasteiger partial charge in [0.25, 0.3) is 0 Å². The number of fused-ring (bicyclic) bond motifs is 1. The summed E-state index contributed by atoms with van der Waals surface area (Å²) in [4.78, 5) is 7.32. The molecule has 142 valence electrons. The lowest BCUT2D eigenvalue weighted by atomic mass is 9.84. The van der Waals surface area contributed by atoms with Gasteiger partial charge in [-0.2, -0.15) is 0 Å². The predicted molar refractivity (Wildman–Crippen MR) is 110 cm³/mol. The zero-order valence-electron chi connectivity index (χ0n) is 16.4. The van der Waals surface area contributed by atoms with Gasteiger partial charge < -0.3 is 9.67 Å². The lowest BCUT2D eigenvalue weighted by Crippen LogP contribution is -2.42. The summed E-state index contributed by atoms with van der Waals surface area (Å²) in [6.07, 6.45) is 2.63. The average molecular weight is 364 g/mol. The standard InChI is InChI=1S/C23H29N3O/c1-3-14-26-21-7-5-4-6-20(21)24-22(26)17-25-15-12-23(27,13-16-25)19-10-8-18(2)9-11-19/h4-11,27H,3,12-17H2,1-2H3. The van der Waals surface area contributed by atoms with Crippen molar-refractivity contribution < 1.29 is 5.11 Å². The molecule has 1 aliphatic heterocycles. The molecule has 4 heteroatoms. The van der Waals surface area contributed by atoms with Gasteiger partial charge in [0.05, 0.1) is 23.2 Å². The Bertz CT molecular complexity index is 905. The fourth-order valence-electron chi connectivity index (χ4n) is 4.15. The fraction of sp³-hybridized carbons (Fsp3) is 0.435. The number of imidazole rings is 1. The van der Waals surface area contributed by atoms with Crippen LogP contribution in [0.2, 0.25) is 0 Å². The number of hydrogen-bond donors (Lipinski definition) is 1. The second kappa shape index (κ2) is 7.45. The molecule has 0 saturated carbocycles. The van der Waals surface area contributed by atoms with Crippen molar-refractivity contribution in [2.75, 3.05) is 13.1 Å². The first-order chi connectivity index (χ1) is 13.1. The second-order valence-corrected chi connectivity index (χ2v) is 7.84. The molecule has 1 fully saturated rings. The highest BCUT2D eigenvalue weighted by atomic mass is 16.3. The number of aliphatic hydroxyl groups is 1. The van der Waals surface area contributed by atoms with Crippen molar-refractivity contribution >= 4 is 11.0 Å². The topological polar surface area (TPSA) is 41.3 Å². The van der Waals surface area contributed by atoms with Crippen LogP contribution >= 0.6 is 0 Å². The first-order valence-electron chi connectivity index (χ1n) is 10.0. The molecule has 0 aliphatic carbocycles. The molecule has 1 aliphatic rings. The number of rotatable bonds is 5. The molecule has 3 aromatic rings.